The van der Waals surface area contributed by atoms with Crippen molar-refractivity contribution < 1.29 is 14.3 Å². The Kier molecular flexibility index (Phi) is 8.92. The lowest BCUT2D eigenvalue weighted by Gasteiger charge is -2.13. The second kappa shape index (κ2) is 12.3. The molecule has 2 aromatic carbocycles. The van der Waals surface area contributed by atoms with Crippen LogP contribution in [0, 0.1) is 3.95 Å². The fraction of sp³-hybridized carbons (Fsp3) is 0.280. The molecule has 4 aromatic rings. The third kappa shape index (κ3) is 5.86. The summed E-state index contributed by atoms with van der Waals surface area (Å²) in [6, 6.07) is 16.8. The van der Waals surface area contributed by atoms with Gasteiger partial charge in [0.05, 0.1) is 18.0 Å². The van der Waals surface area contributed by atoms with Gasteiger partial charge in [-0.3, -0.25) is 18.7 Å². The predicted octanol–water partition coefficient (Wildman–Crippen LogP) is 4.61. The molecule has 2 heterocycles. The lowest BCUT2D eigenvalue weighted by Crippen LogP contribution is -2.27. The van der Waals surface area contributed by atoms with Crippen LogP contribution in [0.3, 0.4) is 0 Å². The van der Waals surface area contributed by atoms with Crippen molar-refractivity contribution in [2.75, 3.05) is 32.6 Å². The van der Waals surface area contributed by atoms with Crippen LogP contribution in [-0.4, -0.2) is 52.6 Å². The zero-order valence-corrected chi connectivity index (χ0v) is 22.4. The highest BCUT2D eigenvalue weighted by molar-refractivity contribution is 7.99. The molecule has 0 atom stereocenters. The molecule has 0 spiro atoms. The van der Waals surface area contributed by atoms with Crippen LogP contribution in [0.2, 0.25) is 0 Å². The van der Waals surface area contributed by atoms with E-state index in [1.54, 1.807) is 16.2 Å². The van der Waals surface area contributed by atoms with Crippen LogP contribution < -0.4 is 15.6 Å². The van der Waals surface area contributed by atoms with E-state index in [2.05, 4.69) is 5.32 Å². The molecule has 8 nitrogen and oxygen atoms in total. The molecule has 0 aliphatic heterocycles. The number of fused-ring (bicyclic) bond motifs is 1. The molecule has 0 bridgehead atoms. The Labute approximate surface area is 221 Å². The molecule has 188 valence electrons. The zero-order valence-electron chi connectivity index (χ0n) is 19.9. The van der Waals surface area contributed by atoms with E-state index in [0.29, 0.717) is 44.9 Å². The summed E-state index contributed by atoms with van der Waals surface area (Å²) >= 11 is 8.07. The van der Waals surface area contributed by atoms with Gasteiger partial charge in [-0.05, 0) is 62.0 Å². The highest BCUT2D eigenvalue weighted by Crippen LogP contribution is 2.28. The van der Waals surface area contributed by atoms with Gasteiger partial charge in [0.25, 0.3) is 5.56 Å². The third-order valence-electron chi connectivity index (χ3n) is 5.18. The molecule has 4 rings (SSSR count). The molecule has 0 saturated heterocycles. The summed E-state index contributed by atoms with van der Waals surface area (Å²) in [5, 5.41) is 3.28. The average Bonchev–Trinajstić information content (AvgIpc) is 3.22. The van der Waals surface area contributed by atoms with Gasteiger partial charge in [0.2, 0.25) is 5.91 Å². The second-order valence-corrected chi connectivity index (χ2v) is 10.2. The first-order valence-corrected chi connectivity index (χ1v) is 13.6. The number of para-hydroxylation sites is 1. The number of thiazole rings is 1. The number of hydrogen-bond donors (Lipinski definition) is 1. The minimum atomic E-state index is -0.227. The van der Waals surface area contributed by atoms with Crippen LogP contribution in [0.25, 0.3) is 21.7 Å². The molecule has 0 saturated carbocycles. The van der Waals surface area contributed by atoms with E-state index in [4.69, 9.17) is 26.7 Å². The molecule has 11 heteroatoms. The summed E-state index contributed by atoms with van der Waals surface area (Å²) in [6.07, 6.45) is 0.727. The van der Waals surface area contributed by atoms with Gasteiger partial charge in [0.15, 0.2) is 14.8 Å². The van der Waals surface area contributed by atoms with Crippen LogP contribution in [0.4, 0.5) is 0 Å². The standard InChI is InChI=1S/C25H26N4O4S3/c1-3-33-19-12-10-18(11-13-19)28-22-21(36-25(28)34)23(31)29(17-8-5-4-6-9-17)24(27-22)35-16-20(30)26-14-7-15-32-2/h4-6,8-13H,3,7,14-16H2,1-2H3,(H,26,30). The van der Waals surface area contributed by atoms with Gasteiger partial charge in [-0.2, -0.15) is 0 Å². The third-order valence-corrected chi connectivity index (χ3v) is 7.47. The number of nitrogens with zero attached hydrogens (tertiary/aromatic N) is 3. The largest absolute Gasteiger partial charge is 0.494 e. The maximum atomic E-state index is 13.7. The number of rotatable bonds is 11. The minimum absolute atomic E-state index is 0.117. The molecule has 2 aromatic heterocycles. The molecule has 0 aliphatic rings. The number of hydrogen-bond acceptors (Lipinski definition) is 8. The molecular formula is C25H26N4O4S3. The van der Waals surface area contributed by atoms with E-state index in [9.17, 15) is 9.59 Å². The van der Waals surface area contributed by atoms with Gasteiger partial charge in [-0.1, -0.05) is 41.3 Å². The van der Waals surface area contributed by atoms with Gasteiger partial charge in [-0.15, -0.1) is 0 Å². The zero-order chi connectivity index (χ0) is 25.5. The summed E-state index contributed by atoms with van der Waals surface area (Å²) in [4.78, 5) is 31.0. The lowest BCUT2D eigenvalue weighted by atomic mass is 10.3. The van der Waals surface area contributed by atoms with Crippen LogP contribution in [0.1, 0.15) is 13.3 Å². The van der Waals surface area contributed by atoms with Crippen molar-refractivity contribution in [2.45, 2.75) is 18.5 Å². The molecule has 0 aliphatic carbocycles. The van der Waals surface area contributed by atoms with E-state index in [0.717, 1.165) is 17.9 Å². The Bertz CT molecular complexity index is 1450. The number of aromatic nitrogens is 3. The normalized spacial score (nSPS) is 11.1. The number of nitrogens with one attached hydrogen (secondary N) is 1. The minimum Gasteiger partial charge on any atom is -0.494 e. The molecule has 0 fully saturated rings. The Morgan fingerprint density at radius 3 is 2.53 bits per heavy atom. The van der Waals surface area contributed by atoms with Crippen molar-refractivity contribution in [3.8, 4) is 17.1 Å². The van der Waals surface area contributed by atoms with Gasteiger partial charge in [-0.25, -0.2) is 4.98 Å². The first-order valence-electron chi connectivity index (χ1n) is 11.4. The summed E-state index contributed by atoms with van der Waals surface area (Å²) in [6.45, 7) is 3.59. The predicted molar refractivity (Wildman–Crippen MR) is 147 cm³/mol. The topological polar surface area (TPSA) is 87.4 Å². The van der Waals surface area contributed by atoms with Crippen LogP contribution in [0.15, 0.2) is 64.5 Å². The number of methoxy groups -OCH3 is 1. The Hall–Kier alpha value is -2.99. The van der Waals surface area contributed by atoms with Gasteiger partial charge < -0.3 is 14.8 Å². The highest BCUT2D eigenvalue weighted by atomic mass is 32.2. The molecule has 0 radical (unpaired) electrons. The Morgan fingerprint density at radius 2 is 1.83 bits per heavy atom. The van der Waals surface area contributed by atoms with E-state index in [1.165, 1.54) is 23.1 Å². The lowest BCUT2D eigenvalue weighted by molar-refractivity contribution is -0.118. The first kappa shape index (κ1) is 26.1. The summed E-state index contributed by atoms with van der Waals surface area (Å²) < 4.78 is 14.9. The van der Waals surface area contributed by atoms with E-state index in [-0.39, 0.29) is 17.2 Å². The highest BCUT2D eigenvalue weighted by Gasteiger charge is 2.19. The molecule has 1 N–H and O–H groups in total. The smallest absolute Gasteiger partial charge is 0.278 e. The fourth-order valence-corrected chi connectivity index (χ4v) is 5.69. The average molecular weight is 543 g/mol. The van der Waals surface area contributed by atoms with E-state index < -0.39 is 0 Å². The first-order chi connectivity index (χ1) is 17.5. The van der Waals surface area contributed by atoms with Crippen LogP contribution >= 0.6 is 35.3 Å². The molecular weight excluding hydrogens is 517 g/mol. The van der Waals surface area contributed by atoms with Gasteiger partial charge >= 0.3 is 0 Å². The Morgan fingerprint density at radius 1 is 1.11 bits per heavy atom. The monoisotopic (exact) mass is 542 g/mol. The van der Waals surface area contributed by atoms with Crippen LogP contribution in [-0.2, 0) is 9.53 Å². The molecule has 0 unspecified atom stereocenters. The number of amides is 1. The summed E-state index contributed by atoms with van der Waals surface area (Å²) in [5.74, 6) is 0.726. The van der Waals surface area contributed by atoms with Gasteiger partial charge in [0, 0.05) is 25.9 Å². The number of carbonyl (C=O) groups excluding carboxylic acids is 1. The Balaban J connectivity index is 1.76. The number of benzene rings is 2. The van der Waals surface area contributed by atoms with Gasteiger partial charge in [0.1, 0.15) is 10.4 Å². The SMILES string of the molecule is CCOc1ccc(-n2c(=S)sc3c(=O)n(-c4ccccc4)c(SCC(=O)NCCCOC)nc32)cc1. The quantitative estimate of drug-likeness (QED) is 0.128. The van der Waals surface area contributed by atoms with Crippen molar-refractivity contribution in [2.24, 2.45) is 0 Å². The van der Waals surface area contributed by atoms with E-state index in [1.807, 2.05) is 61.5 Å². The molecule has 36 heavy (non-hydrogen) atoms. The second-order valence-electron chi connectivity index (χ2n) is 7.64. The van der Waals surface area contributed by atoms with Crippen LogP contribution in [0.5, 0.6) is 5.75 Å². The van der Waals surface area contributed by atoms with Crippen molar-refractivity contribution in [1.82, 2.24) is 19.4 Å². The molecule has 1 amide bonds. The van der Waals surface area contributed by atoms with E-state index >= 15 is 0 Å². The fourth-order valence-electron chi connectivity index (χ4n) is 3.55. The van der Waals surface area contributed by atoms with Crippen molar-refractivity contribution in [1.29, 1.82) is 0 Å². The summed E-state index contributed by atoms with van der Waals surface area (Å²) in [5.41, 5.74) is 1.70. The number of ether oxygens (including phenoxy) is 2. The number of carbonyl (C=O) groups is 1. The maximum Gasteiger partial charge on any atom is 0.278 e. The van der Waals surface area contributed by atoms with Crippen molar-refractivity contribution in [3.63, 3.8) is 0 Å². The number of thioether (sulfide) groups is 1. The summed E-state index contributed by atoms with van der Waals surface area (Å²) in [7, 11) is 1.63. The van der Waals surface area contributed by atoms with Crippen molar-refractivity contribution >= 4 is 51.6 Å². The van der Waals surface area contributed by atoms with Crippen molar-refractivity contribution in [3.05, 3.63) is 68.9 Å². The maximum absolute atomic E-state index is 13.7.